The summed E-state index contributed by atoms with van der Waals surface area (Å²) < 4.78 is 4.65. The average Bonchev–Trinajstić information content (AvgIpc) is 2.30. The van der Waals surface area contributed by atoms with E-state index in [0.29, 0.717) is 0 Å². The molecule has 4 atom stereocenters. The van der Waals surface area contributed by atoms with Gasteiger partial charge in [-0.25, -0.2) is 4.79 Å². The number of carbonyl (C=O) groups is 1. The van der Waals surface area contributed by atoms with Crippen molar-refractivity contribution in [2.75, 3.05) is 6.61 Å². The predicted molar refractivity (Wildman–Crippen MR) is 35.4 cm³/mol. The van der Waals surface area contributed by atoms with Crippen molar-refractivity contribution in [3.05, 3.63) is 0 Å². The van der Waals surface area contributed by atoms with E-state index in [1.807, 2.05) is 0 Å². The van der Waals surface area contributed by atoms with Crippen LogP contribution in [-0.4, -0.2) is 57.4 Å². The van der Waals surface area contributed by atoms with Gasteiger partial charge in [-0.15, -0.1) is 0 Å². The summed E-state index contributed by atoms with van der Waals surface area (Å²) in [5.41, 5.74) is 0. The zero-order valence-electron chi connectivity index (χ0n) is 6.12. The van der Waals surface area contributed by atoms with E-state index in [2.05, 4.69) is 4.74 Å². The minimum atomic E-state index is -1.47. The zero-order valence-corrected chi connectivity index (χ0v) is 6.12. The van der Waals surface area contributed by atoms with Crippen molar-refractivity contribution in [2.24, 2.45) is 0 Å². The summed E-state index contributed by atoms with van der Waals surface area (Å²) in [5, 5.41) is 35.1. The van der Waals surface area contributed by atoms with Gasteiger partial charge < -0.3 is 25.2 Å². The zero-order chi connectivity index (χ0) is 9.30. The monoisotopic (exact) mass is 178 g/mol. The fourth-order valence-electron chi connectivity index (χ4n) is 1.10. The number of carboxylic acid groups (broad SMARTS) is 1. The van der Waals surface area contributed by atoms with Gasteiger partial charge in [0.1, 0.15) is 18.3 Å². The summed E-state index contributed by atoms with van der Waals surface area (Å²) >= 11 is 0. The van der Waals surface area contributed by atoms with E-state index in [4.69, 9.17) is 20.4 Å². The number of ether oxygens (including phenoxy) is 1. The third-order valence-electron chi connectivity index (χ3n) is 1.79. The molecular formula is C6H10O6. The van der Waals surface area contributed by atoms with Crippen LogP contribution in [0, 0.1) is 0 Å². The molecule has 0 aromatic heterocycles. The molecule has 0 unspecified atom stereocenters. The number of aliphatic hydroxyl groups is 3. The molecule has 1 saturated heterocycles. The van der Waals surface area contributed by atoms with Crippen LogP contribution in [0.15, 0.2) is 0 Å². The Bertz CT molecular complexity index is 181. The standard InChI is InChI=1S/C6H10O6/c7-1-2-3(8)4(9)5(12-2)6(10)11/h2-5,7-9H,1H2,(H,10,11)/t2-,3+,4+,5-/m1/s1. The highest BCUT2D eigenvalue weighted by molar-refractivity contribution is 5.73. The molecule has 1 aliphatic rings. The van der Waals surface area contributed by atoms with Crippen LogP contribution < -0.4 is 0 Å². The van der Waals surface area contributed by atoms with Crippen LogP contribution in [0.1, 0.15) is 0 Å². The van der Waals surface area contributed by atoms with E-state index >= 15 is 0 Å². The summed E-state index contributed by atoms with van der Waals surface area (Å²) in [6.07, 6.45) is -5.27. The second-order valence-electron chi connectivity index (χ2n) is 2.60. The minimum Gasteiger partial charge on any atom is -0.479 e. The summed E-state index contributed by atoms with van der Waals surface area (Å²) in [5.74, 6) is -1.35. The SMILES string of the molecule is O=C(O)[C@@H]1O[C@H](CO)[C@H](O)[C@@H]1O. The Kier molecular flexibility index (Phi) is 2.63. The summed E-state index contributed by atoms with van der Waals surface area (Å²) in [7, 11) is 0. The molecule has 6 nitrogen and oxygen atoms in total. The van der Waals surface area contributed by atoms with Gasteiger partial charge in [0.05, 0.1) is 6.61 Å². The maximum Gasteiger partial charge on any atom is 0.335 e. The van der Waals surface area contributed by atoms with Crippen molar-refractivity contribution in [1.29, 1.82) is 0 Å². The largest absolute Gasteiger partial charge is 0.479 e. The Morgan fingerprint density at radius 1 is 1.33 bits per heavy atom. The first-order valence-corrected chi connectivity index (χ1v) is 3.43. The predicted octanol–water partition coefficient (Wildman–Crippen LogP) is -2.45. The first-order chi connectivity index (χ1) is 5.57. The fourth-order valence-corrected chi connectivity index (χ4v) is 1.10. The van der Waals surface area contributed by atoms with Crippen molar-refractivity contribution >= 4 is 5.97 Å². The smallest absolute Gasteiger partial charge is 0.335 e. The van der Waals surface area contributed by atoms with E-state index in [1.165, 1.54) is 0 Å². The molecule has 1 fully saturated rings. The van der Waals surface area contributed by atoms with Gasteiger partial charge in [-0.3, -0.25) is 0 Å². The number of aliphatic hydroxyl groups excluding tert-OH is 3. The molecule has 70 valence electrons. The minimum absolute atomic E-state index is 0.512. The number of hydrogen-bond donors (Lipinski definition) is 4. The molecule has 0 saturated carbocycles. The Hall–Kier alpha value is -0.690. The molecule has 0 bridgehead atoms. The van der Waals surface area contributed by atoms with Crippen LogP contribution in [0.25, 0.3) is 0 Å². The normalized spacial score (nSPS) is 41.6. The van der Waals surface area contributed by atoms with Crippen LogP contribution in [0.3, 0.4) is 0 Å². The summed E-state index contributed by atoms with van der Waals surface area (Å²) in [6.45, 7) is -0.512. The highest BCUT2D eigenvalue weighted by Gasteiger charge is 2.45. The molecule has 0 radical (unpaired) electrons. The molecule has 0 aliphatic carbocycles. The first kappa shape index (κ1) is 9.40. The molecule has 1 aliphatic heterocycles. The molecule has 1 heterocycles. The fraction of sp³-hybridized carbons (Fsp3) is 0.833. The first-order valence-electron chi connectivity index (χ1n) is 3.43. The van der Waals surface area contributed by atoms with Gasteiger partial charge in [0.2, 0.25) is 0 Å². The van der Waals surface area contributed by atoms with Crippen molar-refractivity contribution in [1.82, 2.24) is 0 Å². The highest BCUT2D eigenvalue weighted by atomic mass is 16.6. The molecule has 0 aromatic carbocycles. The van der Waals surface area contributed by atoms with Gasteiger partial charge in [-0.2, -0.15) is 0 Å². The van der Waals surface area contributed by atoms with Crippen molar-refractivity contribution in [3.63, 3.8) is 0 Å². The Balaban J connectivity index is 2.66. The second kappa shape index (κ2) is 3.36. The Morgan fingerprint density at radius 2 is 1.92 bits per heavy atom. The maximum atomic E-state index is 10.3. The maximum absolute atomic E-state index is 10.3. The lowest BCUT2D eigenvalue weighted by atomic mass is 10.1. The van der Waals surface area contributed by atoms with Gasteiger partial charge in [-0.1, -0.05) is 0 Å². The number of hydrogen-bond acceptors (Lipinski definition) is 5. The summed E-state index contributed by atoms with van der Waals surface area (Å²) in [4.78, 5) is 10.3. The average molecular weight is 178 g/mol. The third-order valence-corrected chi connectivity index (χ3v) is 1.79. The van der Waals surface area contributed by atoms with Crippen LogP contribution in [0.2, 0.25) is 0 Å². The van der Waals surface area contributed by atoms with Gasteiger partial charge in [0, 0.05) is 0 Å². The van der Waals surface area contributed by atoms with Crippen molar-refractivity contribution in [3.8, 4) is 0 Å². The topological polar surface area (TPSA) is 107 Å². The molecule has 6 heteroatoms. The van der Waals surface area contributed by atoms with Crippen molar-refractivity contribution < 1.29 is 30.0 Å². The molecule has 0 aromatic rings. The molecule has 0 amide bonds. The van der Waals surface area contributed by atoms with E-state index in [1.54, 1.807) is 0 Å². The van der Waals surface area contributed by atoms with Gasteiger partial charge in [0.15, 0.2) is 6.10 Å². The molecule has 4 N–H and O–H groups in total. The quantitative estimate of drug-likeness (QED) is 0.374. The molecular weight excluding hydrogens is 168 g/mol. The van der Waals surface area contributed by atoms with Crippen molar-refractivity contribution in [2.45, 2.75) is 24.4 Å². The van der Waals surface area contributed by atoms with E-state index in [9.17, 15) is 4.79 Å². The molecule has 1 rings (SSSR count). The van der Waals surface area contributed by atoms with Gasteiger partial charge in [0.25, 0.3) is 0 Å². The lowest BCUT2D eigenvalue weighted by molar-refractivity contribution is -0.153. The van der Waals surface area contributed by atoms with Crippen LogP contribution in [-0.2, 0) is 9.53 Å². The third kappa shape index (κ3) is 1.42. The second-order valence-corrected chi connectivity index (χ2v) is 2.60. The van der Waals surface area contributed by atoms with Crippen LogP contribution in [0.5, 0.6) is 0 Å². The van der Waals surface area contributed by atoms with E-state index < -0.39 is 37.0 Å². The lowest BCUT2D eigenvalue weighted by Crippen LogP contribution is -2.36. The van der Waals surface area contributed by atoms with Gasteiger partial charge >= 0.3 is 5.97 Å². The molecule has 0 spiro atoms. The van der Waals surface area contributed by atoms with Gasteiger partial charge in [-0.05, 0) is 0 Å². The van der Waals surface area contributed by atoms with Crippen LogP contribution >= 0.6 is 0 Å². The highest BCUT2D eigenvalue weighted by Crippen LogP contribution is 2.20. The number of aliphatic carboxylic acids is 1. The van der Waals surface area contributed by atoms with Crippen LogP contribution in [0.4, 0.5) is 0 Å². The van der Waals surface area contributed by atoms with E-state index in [0.717, 1.165) is 0 Å². The summed E-state index contributed by atoms with van der Waals surface area (Å²) in [6, 6.07) is 0. The molecule has 12 heavy (non-hydrogen) atoms. The lowest BCUT2D eigenvalue weighted by Gasteiger charge is -2.10. The number of rotatable bonds is 2. The number of carboxylic acids is 1. The van der Waals surface area contributed by atoms with E-state index in [-0.39, 0.29) is 0 Å². The Labute approximate surface area is 68.0 Å². The Morgan fingerprint density at radius 3 is 2.17 bits per heavy atom.